The van der Waals surface area contributed by atoms with E-state index >= 15 is 0 Å². The molecule has 0 saturated carbocycles. The van der Waals surface area contributed by atoms with Crippen molar-refractivity contribution in [2.24, 2.45) is 5.41 Å². The molecule has 0 aliphatic carbocycles. The maximum atomic E-state index is 12.3. The minimum atomic E-state index is -0.700. The molecular formula is C32H60O9. The standard InChI is InChI=1S/C32H60O9/c1-11-12-13-14-15-16-17-18-19-32(23-36-20-26(33)39-29(2,3)4,24-37-21-27(34)40-30(5,6)7)25-38-22-28(35)41-31(8,9)10/h11-25H2,1-10H3. The molecule has 0 radical (unpaired) electrons. The van der Waals surface area contributed by atoms with Gasteiger partial charge in [0.1, 0.15) is 36.6 Å². The fourth-order valence-corrected chi connectivity index (χ4v) is 4.14. The number of hydrogen-bond donors (Lipinski definition) is 0. The molecule has 0 spiro atoms. The van der Waals surface area contributed by atoms with E-state index in [1.54, 1.807) is 62.3 Å². The molecule has 41 heavy (non-hydrogen) atoms. The van der Waals surface area contributed by atoms with Gasteiger partial charge >= 0.3 is 17.9 Å². The highest BCUT2D eigenvalue weighted by atomic mass is 16.6. The summed E-state index contributed by atoms with van der Waals surface area (Å²) in [6.07, 6.45) is 9.86. The largest absolute Gasteiger partial charge is 0.458 e. The number of unbranched alkanes of at least 4 members (excludes halogenated alkanes) is 7. The molecule has 0 fully saturated rings. The Balaban J connectivity index is 5.45. The van der Waals surface area contributed by atoms with Crippen molar-refractivity contribution >= 4 is 17.9 Å². The van der Waals surface area contributed by atoms with Crippen molar-refractivity contribution in [1.29, 1.82) is 0 Å². The van der Waals surface area contributed by atoms with Gasteiger partial charge < -0.3 is 28.4 Å². The van der Waals surface area contributed by atoms with Gasteiger partial charge in [-0.25, -0.2) is 14.4 Å². The minimum Gasteiger partial charge on any atom is -0.458 e. The van der Waals surface area contributed by atoms with Crippen LogP contribution in [0.4, 0.5) is 0 Å². The summed E-state index contributed by atoms with van der Waals surface area (Å²) in [5.74, 6) is -1.41. The second kappa shape index (κ2) is 19.5. The third-order valence-electron chi connectivity index (χ3n) is 5.71. The monoisotopic (exact) mass is 588 g/mol. The molecule has 0 aliphatic rings. The van der Waals surface area contributed by atoms with Gasteiger partial charge in [0.05, 0.1) is 19.8 Å². The SMILES string of the molecule is CCCCCCCCCCC(COCC(=O)OC(C)(C)C)(COCC(=O)OC(C)(C)C)COCC(=O)OC(C)(C)C. The second-order valence-electron chi connectivity index (χ2n) is 14.0. The highest BCUT2D eigenvalue weighted by Crippen LogP contribution is 2.28. The Hall–Kier alpha value is -1.71. The van der Waals surface area contributed by atoms with Gasteiger partial charge in [-0.15, -0.1) is 0 Å². The van der Waals surface area contributed by atoms with E-state index in [-0.39, 0.29) is 39.6 Å². The van der Waals surface area contributed by atoms with Crippen LogP contribution in [0.1, 0.15) is 127 Å². The zero-order valence-corrected chi connectivity index (χ0v) is 27.8. The van der Waals surface area contributed by atoms with Crippen LogP contribution in [0.15, 0.2) is 0 Å². The Morgan fingerprint density at radius 3 is 1.05 bits per heavy atom. The average molecular weight is 589 g/mol. The molecule has 0 saturated heterocycles. The quantitative estimate of drug-likeness (QED) is 0.0835. The predicted molar refractivity (Wildman–Crippen MR) is 160 cm³/mol. The summed E-state index contributed by atoms with van der Waals surface area (Å²) in [5.41, 5.74) is -2.57. The topological polar surface area (TPSA) is 107 Å². The second-order valence-corrected chi connectivity index (χ2v) is 14.0. The lowest BCUT2D eigenvalue weighted by Crippen LogP contribution is -2.40. The normalized spacial score (nSPS) is 12.7. The molecule has 0 heterocycles. The molecule has 0 amide bonds. The number of hydrogen-bond acceptors (Lipinski definition) is 9. The summed E-state index contributed by atoms with van der Waals surface area (Å²) < 4.78 is 33.6. The fourth-order valence-electron chi connectivity index (χ4n) is 4.14. The van der Waals surface area contributed by atoms with Crippen LogP contribution in [-0.4, -0.2) is 74.4 Å². The van der Waals surface area contributed by atoms with Crippen LogP contribution in [0.25, 0.3) is 0 Å². The van der Waals surface area contributed by atoms with E-state index in [4.69, 9.17) is 28.4 Å². The number of esters is 3. The van der Waals surface area contributed by atoms with E-state index in [2.05, 4.69) is 6.92 Å². The molecule has 9 heteroatoms. The van der Waals surface area contributed by atoms with Crippen LogP contribution in [0.2, 0.25) is 0 Å². The maximum absolute atomic E-state index is 12.3. The first-order valence-electron chi connectivity index (χ1n) is 15.3. The first-order chi connectivity index (χ1) is 18.9. The van der Waals surface area contributed by atoms with Crippen LogP contribution < -0.4 is 0 Å². The van der Waals surface area contributed by atoms with Gasteiger partial charge in [-0.3, -0.25) is 0 Å². The molecule has 0 aliphatic heterocycles. The zero-order valence-electron chi connectivity index (χ0n) is 27.8. The molecular weight excluding hydrogens is 528 g/mol. The third-order valence-corrected chi connectivity index (χ3v) is 5.71. The molecule has 0 rings (SSSR count). The molecule has 0 unspecified atom stereocenters. The maximum Gasteiger partial charge on any atom is 0.332 e. The van der Waals surface area contributed by atoms with Crippen LogP contribution in [0.3, 0.4) is 0 Å². The van der Waals surface area contributed by atoms with Crippen LogP contribution in [0.5, 0.6) is 0 Å². The average Bonchev–Trinajstić information content (AvgIpc) is 2.77. The highest BCUT2D eigenvalue weighted by molar-refractivity contribution is 5.71. The Bertz CT molecular complexity index is 658. The summed E-state index contributed by atoms with van der Waals surface area (Å²) in [4.78, 5) is 36.9. The Kier molecular flexibility index (Phi) is 18.7. The van der Waals surface area contributed by atoms with Gasteiger partial charge in [0.15, 0.2) is 0 Å². The lowest BCUT2D eigenvalue weighted by Gasteiger charge is -2.33. The molecule has 0 N–H and O–H groups in total. The van der Waals surface area contributed by atoms with Crippen LogP contribution in [0, 0.1) is 5.41 Å². The molecule has 0 aromatic carbocycles. The van der Waals surface area contributed by atoms with Crippen molar-refractivity contribution in [2.45, 2.75) is 144 Å². The third kappa shape index (κ3) is 24.6. The molecule has 0 aromatic heterocycles. The van der Waals surface area contributed by atoms with E-state index < -0.39 is 40.1 Å². The van der Waals surface area contributed by atoms with Gasteiger partial charge in [-0.2, -0.15) is 0 Å². The van der Waals surface area contributed by atoms with Gasteiger partial charge in [0, 0.05) is 5.41 Å². The van der Waals surface area contributed by atoms with E-state index in [0.29, 0.717) is 6.42 Å². The minimum absolute atomic E-state index is 0.130. The van der Waals surface area contributed by atoms with Crippen molar-refractivity contribution in [3.05, 3.63) is 0 Å². The number of ether oxygens (including phenoxy) is 6. The Morgan fingerprint density at radius 1 is 0.463 bits per heavy atom. The summed E-state index contributed by atoms with van der Waals surface area (Å²) in [5, 5.41) is 0. The molecule has 0 bridgehead atoms. The molecule has 242 valence electrons. The fraction of sp³-hybridized carbons (Fsp3) is 0.906. The molecule has 0 atom stereocenters. The van der Waals surface area contributed by atoms with Crippen molar-refractivity contribution in [1.82, 2.24) is 0 Å². The Labute approximate surface area is 249 Å². The Morgan fingerprint density at radius 2 is 0.756 bits per heavy atom. The molecule has 0 aromatic rings. The van der Waals surface area contributed by atoms with Crippen molar-refractivity contribution in [3.63, 3.8) is 0 Å². The van der Waals surface area contributed by atoms with E-state index in [1.807, 2.05) is 0 Å². The molecule has 9 nitrogen and oxygen atoms in total. The lowest BCUT2D eigenvalue weighted by molar-refractivity contribution is -0.167. The number of carbonyl (C=O) groups is 3. The number of carbonyl (C=O) groups excluding carboxylic acids is 3. The van der Waals surface area contributed by atoms with Crippen molar-refractivity contribution in [3.8, 4) is 0 Å². The smallest absolute Gasteiger partial charge is 0.332 e. The summed E-state index contributed by atoms with van der Waals surface area (Å²) in [6, 6.07) is 0. The van der Waals surface area contributed by atoms with Crippen LogP contribution in [-0.2, 0) is 42.8 Å². The highest BCUT2D eigenvalue weighted by Gasteiger charge is 2.33. The van der Waals surface area contributed by atoms with Gasteiger partial charge in [0.2, 0.25) is 0 Å². The van der Waals surface area contributed by atoms with Gasteiger partial charge in [-0.05, 0) is 68.7 Å². The van der Waals surface area contributed by atoms with Crippen molar-refractivity contribution in [2.75, 3.05) is 39.6 Å². The number of rotatable bonds is 21. The van der Waals surface area contributed by atoms with Crippen molar-refractivity contribution < 1.29 is 42.8 Å². The zero-order chi connectivity index (χ0) is 31.6. The predicted octanol–water partition coefficient (Wildman–Crippen LogP) is 6.58. The summed E-state index contributed by atoms with van der Waals surface area (Å²) in [6.45, 7) is 18.1. The first-order valence-corrected chi connectivity index (χ1v) is 15.3. The van der Waals surface area contributed by atoms with E-state index in [1.165, 1.54) is 32.1 Å². The van der Waals surface area contributed by atoms with E-state index in [9.17, 15) is 14.4 Å². The van der Waals surface area contributed by atoms with Gasteiger partial charge in [0.25, 0.3) is 0 Å². The van der Waals surface area contributed by atoms with E-state index in [0.717, 1.165) is 19.3 Å². The van der Waals surface area contributed by atoms with Crippen LogP contribution >= 0.6 is 0 Å². The summed E-state index contributed by atoms with van der Waals surface area (Å²) in [7, 11) is 0. The first kappa shape index (κ1) is 39.3. The summed E-state index contributed by atoms with van der Waals surface area (Å²) >= 11 is 0. The lowest BCUT2D eigenvalue weighted by atomic mass is 9.84. The van der Waals surface area contributed by atoms with Gasteiger partial charge in [-0.1, -0.05) is 58.3 Å².